The Morgan fingerprint density at radius 3 is 2.40 bits per heavy atom. The van der Waals surface area contributed by atoms with Gasteiger partial charge in [0, 0.05) is 17.7 Å². The van der Waals surface area contributed by atoms with E-state index in [1.165, 1.54) is 5.56 Å². The fourth-order valence-electron chi connectivity index (χ4n) is 2.38. The first kappa shape index (κ1) is 14.6. The summed E-state index contributed by atoms with van der Waals surface area (Å²) in [4.78, 5) is 0. The quantitative estimate of drug-likeness (QED) is 0.850. The van der Waals surface area contributed by atoms with E-state index in [-0.39, 0.29) is 0 Å². The fraction of sp³-hybridized carbons (Fsp3) is 0.471. The molecule has 2 aromatic rings. The second-order valence-electron chi connectivity index (χ2n) is 5.34. The third-order valence-corrected chi connectivity index (χ3v) is 3.57. The van der Waals surface area contributed by atoms with Crippen molar-refractivity contribution in [1.82, 2.24) is 9.78 Å². The van der Waals surface area contributed by atoms with E-state index in [2.05, 4.69) is 50.1 Å². The molecule has 0 bridgehead atoms. The average Bonchev–Trinajstić information content (AvgIpc) is 2.75. The maximum absolute atomic E-state index is 10.4. The number of hydrogen-bond donors (Lipinski definition) is 1. The number of aryl methyl sites for hydroxylation is 2. The summed E-state index contributed by atoms with van der Waals surface area (Å²) in [7, 11) is 0. The highest BCUT2D eigenvalue weighted by atomic mass is 16.3. The van der Waals surface area contributed by atoms with Crippen LogP contribution < -0.4 is 0 Å². The van der Waals surface area contributed by atoms with Crippen molar-refractivity contribution < 1.29 is 5.11 Å². The summed E-state index contributed by atoms with van der Waals surface area (Å²) < 4.78 is 1.75. The highest BCUT2D eigenvalue weighted by Gasteiger charge is 2.17. The van der Waals surface area contributed by atoms with Crippen LogP contribution in [0.15, 0.2) is 24.3 Å². The molecule has 0 aliphatic rings. The van der Waals surface area contributed by atoms with Gasteiger partial charge in [0.25, 0.3) is 0 Å². The normalized spacial score (nSPS) is 10.9. The van der Waals surface area contributed by atoms with Gasteiger partial charge in [0.05, 0.1) is 5.69 Å². The van der Waals surface area contributed by atoms with Gasteiger partial charge in [-0.1, -0.05) is 56.5 Å². The van der Waals surface area contributed by atoms with Crippen molar-refractivity contribution in [3.05, 3.63) is 35.4 Å². The number of rotatable bonds is 6. The first-order valence-electron chi connectivity index (χ1n) is 7.53. The van der Waals surface area contributed by atoms with E-state index in [0.717, 1.165) is 49.0 Å². The van der Waals surface area contributed by atoms with Gasteiger partial charge in [-0.05, 0) is 19.8 Å². The lowest BCUT2D eigenvalue weighted by Gasteiger charge is -2.02. The Balaban J connectivity index is 2.42. The van der Waals surface area contributed by atoms with E-state index in [1.54, 1.807) is 4.68 Å². The fourth-order valence-corrected chi connectivity index (χ4v) is 2.38. The predicted molar refractivity (Wildman–Crippen MR) is 83.0 cm³/mol. The molecule has 108 valence electrons. The summed E-state index contributed by atoms with van der Waals surface area (Å²) in [6.45, 7) is 7.13. The summed E-state index contributed by atoms with van der Waals surface area (Å²) in [5.74, 6) is 0.343. The van der Waals surface area contributed by atoms with E-state index >= 15 is 0 Å². The molecule has 0 saturated carbocycles. The van der Waals surface area contributed by atoms with E-state index in [4.69, 9.17) is 0 Å². The van der Waals surface area contributed by atoms with Gasteiger partial charge in [-0.25, -0.2) is 4.68 Å². The van der Waals surface area contributed by atoms with Gasteiger partial charge >= 0.3 is 0 Å². The van der Waals surface area contributed by atoms with Crippen molar-refractivity contribution in [1.29, 1.82) is 0 Å². The van der Waals surface area contributed by atoms with Gasteiger partial charge in [0.2, 0.25) is 5.88 Å². The Kier molecular flexibility index (Phi) is 4.83. The zero-order valence-corrected chi connectivity index (χ0v) is 12.7. The van der Waals surface area contributed by atoms with Crippen LogP contribution in [0.3, 0.4) is 0 Å². The summed E-state index contributed by atoms with van der Waals surface area (Å²) in [6, 6.07) is 8.35. The van der Waals surface area contributed by atoms with Crippen LogP contribution in [0, 0.1) is 6.92 Å². The molecule has 0 saturated heterocycles. The number of hydrogen-bond acceptors (Lipinski definition) is 2. The van der Waals surface area contributed by atoms with Crippen molar-refractivity contribution in [2.45, 2.75) is 53.0 Å². The highest BCUT2D eigenvalue weighted by Crippen LogP contribution is 2.31. The number of unbranched alkanes of at least 4 members (excludes halogenated alkanes) is 1. The van der Waals surface area contributed by atoms with E-state index in [0.29, 0.717) is 5.88 Å². The van der Waals surface area contributed by atoms with Crippen molar-refractivity contribution in [3.63, 3.8) is 0 Å². The van der Waals surface area contributed by atoms with Crippen LogP contribution in [0.4, 0.5) is 0 Å². The molecule has 0 atom stereocenters. The molecule has 0 aliphatic carbocycles. The lowest BCUT2D eigenvalue weighted by molar-refractivity contribution is 0.389. The number of benzene rings is 1. The molecule has 3 nitrogen and oxygen atoms in total. The minimum atomic E-state index is 0.343. The Bertz CT molecular complexity index is 555. The van der Waals surface area contributed by atoms with Crippen LogP contribution in [0.25, 0.3) is 11.3 Å². The summed E-state index contributed by atoms with van der Waals surface area (Å²) in [5.41, 5.74) is 4.23. The van der Waals surface area contributed by atoms with E-state index in [1.807, 2.05) is 0 Å². The van der Waals surface area contributed by atoms with Crippen LogP contribution >= 0.6 is 0 Å². The second-order valence-corrected chi connectivity index (χ2v) is 5.34. The van der Waals surface area contributed by atoms with Gasteiger partial charge in [-0.3, -0.25) is 0 Å². The SMILES string of the molecule is CCCCn1nc(-c2ccc(C)cc2)c(CCC)c1O. The molecule has 0 unspecified atom stereocenters. The largest absolute Gasteiger partial charge is 0.493 e. The van der Waals surface area contributed by atoms with Gasteiger partial charge in [0.15, 0.2) is 0 Å². The molecule has 0 spiro atoms. The second kappa shape index (κ2) is 6.60. The van der Waals surface area contributed by atoms with Gasteiger partial charge in [-0.15, -0.1) is 0 Å². The highest BCUT2D eigenvalue weighted by molar-refractivity contribution is 5.65. The Hall–Kier alpha value is -1.77. The number of aromatic nitrogens is 2. The third kappa shape index (κ3) is 3.03. The molecule has 1 N–H and O–H groups in total. The molecule has 20 heavy (non-hydrogen) atoms. The maximum atomic E-state index is 10.4. The molecule has 0 radical (unpaired) electrons. The zero-order chi connectivity index (χ0) is 14.5. The third-order valence-electron chi connectivity index (χ3n) is 3.57. The van der Waals surface area contributed by atoms with Crippen LogP contribution in [-0.2, 0) is 13.0 Å². The topological polar surface area (TPSA) is 38.0 Å². The first-order valence-corrected chi connectivity index (χ1v) is 7.53. The number of aromatic hydroxyl groups is 1. The van der Waals surface area contributed by atoms with E-state index in [9.17, 15) is 5.11 Å². The predicted octanol–water partition coefficient (Wildman–Crippen LogP) is 4.32. The van der Waals surface area contributed by atoms with Crippen molar-refractivity contribution in [3.8, 4) is 17.1 Å². The van der Waals surface area contributed by atoms with Crippen molar-refractivity contribution in [2.75, 3.05) is 0 Å². The Morgan fingerprint density at radius 1 is 1.10 bits per heavy atom. The Morgan fingerprint density at radius 2 is 1.80 bits per heavy atom. The molecule has 0 aliphatic heterocycles. The monoisotopic (exact) mass is 272 g/mol. The van der Waals surface area contributed by atoms with Crippen molar-refractivity contribution >= 4 is 0 Å². The minimum absolute atomic E-state index is 0.343. The molecule has 0 fully saturated rings. The molecular formula is C17H24N2O. The molecule has 1 aromatic carbocycles. The van der Waals surface area contributed by atoms with Crippen LogP contribution in [0.2, 0.25) is 0 Å². The molecular weight excluding hydrogens is 248 g/mol. The zero-order valence-electron chi connectivity index (χ0n) is 12.7. The van der Waals surface area contributed by atoms with Crippen molar-refractivity contribution in [2.24, 2.45) is 0 Å². The molecule has 0 amide bonds. The average molecular weight is 272 g/mol. The lowest BCUT2D eigenvalue weighted by atomic mass is 10.0. The smallest absolute Gasteiger partial charge is 0.213 e. The molecule has 3 heteroatoms. The van der Waals surface area contributed by atoms with Crippen LogP contribution in [0.5, 0.6) is 5.88 Å². The van der Waals surface area contributed by atoms with Gasteiger partial charge < -0.3 is 5.11 Å². The first-order chi connectivity index (χ1) is 9.67. The summed E-state index contributed by atoms with van der Waals surface area (Å²) in [6.07, 6.45) is 4.00. The van der Waals surface area contributed by atoms with Crippen LogP contribution in [0.1, 0.15) is 44.2 Å². The number of nitrogens with zero attached hydrogens (tertiary/aromatic N) is 2. The lowest BCUT2D eigenvalue weighted by Crippen LogP contribution is -1.99. The standard InChI is InChI=1S/C17H24N2O/c1-4-6-12-19-17(20)15(7-5-2)16(18-19)14-10-8-13(3)9-11-14/h8-11,20H,4-7,12H2,1-3H3. The summed E-state index contributed by atoms with van der Waals surface area (Å²) in [5, 5.41) is 15.0. The van der Waals surface area contributed by atoms with Crippen LogP contribution in [-0.4, -0.2) is 14.9 Å². The molecule has 1 heterocycles. The summed E-state index contributed by atoms with van der Waals surface area (Å²) >= 11 is 0. The minimum Gasteiger partial charge on any atom is -0.493 e. The van der Waals surface area contributed by atoms with E-state index < -0.39 is 0 Å². The molecule has 2 rings (SSSR count). The molecule has 1 aromatic heterocycles. The maximum Gasteiger partial charge on any atom is 0.213 e. The van der Waals surface area contributed by atoms with Gasteiger partial charge in [-0.2, -0.15) is 5.10 Å². The van der Waals surface area contributed by atoms with Gasteiger partial charge in [0.1, 0.15) is 0 Å². The Labute approximate surface area is 121 Å².